The molecule has 1 spiro atoms. The van der Waals surface area contributed by atoms with Crippen molar-refractivity contribution in [3.8, 4) is 0 Å². The summed E-state index contributed by atoms with van der Waals surface area (Å²) in [7, 11) is 0. The molecule has 3 aliphatic rings. The van der Waals surface area contributed by atoms with Crippen LogP contribution in [0, 0.1) is 11.8 Å². The first kappa shape index (κ1) is 22.7. The lowest BCUT2D eigenvalue weighted by Crippen LogP contribution is -2.58. The van der Waals surface area contributed by atoms with Crippen molar-refractivity contribution in [2.45, 2.75) is 69.9 Å². The Labute approximate surface area is 188 Å². The van der Waals surface area contributed by atoms with Gasteiger partial charge >= 0.3 is 0 Å². The molecular weight excluding hydrogens is 410 g/mol. The van der Waals surface area contributed by atoms with Crippen LogP contribution in [0.3, 0.4) is 0 Å². The third kappa shape index (κ3) is 3.59. The van der Waals surface area contributed by atoms with Gasteiger partial charge in [-0.1, -0.05) is 30.3 Å². The lowest BCUT2D eigenvalue weighted by Gasteiger charge is -2.35. The number of β-amino-alcohol motifs (C(OH)–C–C–N with tert-alkyl or cyclic N) is 1. The van der Waals surface area contributed by atoms with Gasteiger partial charge < -0.3 is 25.4 Å². The highest BCUT2D eigenvalue weighted by molar-refractivity contribution is 5.99. The molecule has 3 N–H and O–H groups in total. The van der Waals surface area contributed by atoms with Crippen LogP contribution in [0.15, 0.2) is 30.3 Å². The lowest BCUT2D eigenvalue weighted by atomic mass is 9.66. The third-order valence-electron chi connectivity index (χ3n) is 6.96. The fraction of sp³-hybridized carbons (Fsp3) is 0.625. The summed E-state index contributed by atoms with van der Waals surface area (Å²) < 4.78 is 6.49. The minimum atomic E-state index is -1.06. The number of ether oxygens (including phenoxy) is 1. The van der Waals surface area contributed by atoms with Gasteiger partial charge in [-0.25, -0.2) is 0 Å². The van der Waals surface area contributed by atoms with Crippen LogP contribution < -0.4 is 10.6 Å². The number of amides is 3. The van der Waals surface area contributed by atoms with E-state index in [0.29, 0.717) is 19.4 Å². The van der Waals surface area contributed by atoms with E-state index in [9.17, 15) is 19.5 Å². The molecule has 3 heterocycles. The molecule has 4 rings (SSSR count). The number of rotatable bonds is 6. The lowest BCUT2D eigenvalue weighted by molar-refractivity contribution is -0.147. The van der Waals surface area contributed by atoms with Crippen LogP contribution in [-0.4, -0.2) is 63.7 Å². The Kier molecular flexibility index (Phi) is 5.57. The number of fused-ring (bicyclic) bond motifs is 1. The van der Waals surface area contributed by atoms with E-state index in [1.807, 2.05) is 58.0 Å². The first-order valence-corrected chi connectivity index (χ1v) is 11.3. The average molecular weight is 444 g/mol. The maximum atomic E-state index is 13.5. The van der Waals surface area contributed by atoms with Gasteiger partial charge in [0.2, 0.25) is 17.7 Å². The molecule has 32 heavy (non-hydrogen) atoms. The Bertz CT molecular complexity index is 914. The molecule has 174 valence electrons. The summed E-state index contributed by atoms with van der Waals surface area (Å²) in [4.78, 5) is 41.7. The summed E-state index contributed by atoms with van der Waals surface area (Å²) in [5.41, 5.74) is -1.41. The van der Waals surface area contributed by atoms with Gasteiger partial charge in [0.15, 0.2) is 0 Å². The first-order valence-electron chi connectivity index (χ1n) is 11.3. The number of hydrogen-bond donors (Lipinski definition) is 3. The van der Waals surface area contributed by atoms with Gasteiger partial charge in [0.05, 0.1) is 24.0 Å². The van der Waals surface area contributed by atoms with Crippen LogP contribution in [-0.2, 0) is 25.7 Å². The zero-order valence-corrected chi connectivity index (χ0v) is 19.2. The number of benzene rings is 1. The van der Waals surface area contributed by atoms with E-state index in [0.717, 1.165) is 5.56 Å². The largest absolute Gasteiger partial charge is 0.395 e. The van der Waals surface area contributed by atoms with Gasteiger partial charge in [0.25, 0.3) is 0 Å². The van der Waals surface area contributed by atoms with Crippen LogP contribution in [0.5, 0.6) is 0 Å². The molecule has 3 saturated heterocycles. The van der Waals surface area contributed by atoms with Crippen LogP contribution in [0.2, 0.25) is 0 Å². The zero-order chi connectivity index (χ0) is 23.3. The van der Waals surface area contributed by atoms with Gasteiger partial charge in [-0.15, -0.1) is 0 Å². The van der Waals surface area contributed by atoms with E-state index >= 15 is 0 Å². The molecule has 3 aliphatic heterocycles. The van der Waals surface area contributed by atoms with Crippen molar-refractivity contribution in [1.29, 1.82) is 0 Å². The van der Waals surface area contributed by atoms with E-state index in [2.05, 4.69) is 10.6 Å². The molecule has 2 bridgehead atoms. The minimum absolute atomic E-state index is 0.0255. The number of nitrogens with one attached hydrogen (secondary N) is 2. The number of likely N-dealkylation sites (tertiary alicyclic amines) is 1. The van der Waals surface area contributed by atoms with Gasteiger partial charge in [-0.3, -0.25) is 14.4 Å². The van der Waals surface area contributed by atoms with Crippen LogP contribution >= 0.6 is 0 Å². The Morgan fingerprint density at radius 2 is 1.88 bits per heavy atom. The van der Waals surface area contributed by atoms with Crippen molar-refractivity contribution in [2.75, 3.05) is 13.2 Å². The van der Waals surface area contributed by atoms with Crippen LogP contribution in [0.4, 0.5) is 0 Å². The Morgan fingerprint density at radius 1 is 1.19 bits per heavy atom. The predicted octanol–water partition coefficient (Wildman–Crippen LogP) is 0.975. The second-order valence-electron chi connectivity index (χ2n) is 10.4. The van der Waals surface area contributed by atoms with Crippen LogP contribution in [0.1, 0.15) is 46.1 Å². The van der Waals surface area contributed by atoms with E-state index in [1.54, 1.807) is 0 Å². The van der Waals surface area contributed by atoms with E-state index in [4.69, 9.17) is 4.74 Å². The van der Waals surface area contributed by atoms with Crippen molar-refractivity contribution in [2.24, 2.45) is 11.8 Å². The molecule has 5 atom stereocenters. The predicted molar refractivity (Wildman–Crippen MR) is 117 cm³/mol. The fourth-order valence-corrected chi connectivity index (χ4v) is 5.81. The Balaban J connectivity index is 1.64. The summed E-state index contributed by atoms with van der Waals surface area (Å²) in [6.45, 7) is 7.61. The van der Waals surface area contributed by atoms with E-state index < -0.39 is 34.6 Å². The van der Waals surface area contributed by atoms with E-state index in [-0.39, 0.29) is 30.9 Å². The van der Waals surface area contributed by atoms with Gasteiger partial charge in [-0.2, -0.15) is 0 Å². The molecule has 1 aromatic carbocycles. The number of hydrogen-bond acceptors (Lipinski definition) is 5. The third-order valence-corrected chi connectivity index (χ3v) is 6.96. The number of carbonyl (C=O) groups excluding carboxylic acids is 3. The summed E-state index contributed by atoms with van der Waals surface area (Å²) >= 11 is 0. The summed E-state index contributed by atoms with van der Waals surface area (Å²) in [5.74, 6) is -2.29. The molecule has 2 unspecified atom stereocenters. The zero-order valence-electron chi connectivity index (χ0n) is 19.2. The molecule has 3 fully saturated rings. The summed E-state index contributed by atoms with van der Waals surface area (Å²) in [5, 5.41) is 15.5. The number of aliphatic hydroxyl groups excluding tert-OH is 1. The quantitative estimate of drug-likeness (QED) is 0.607. The van der Waals surface area contributed by atoms with Crippen LogP contribution in [0.25, 0.3) is 0 Å². The molecule has 0 aliphatic carbocycles. The number of aliphatic hydroxyl groups is 1. The smallest absolute Gasteiger partial charge is 0.246 e. The highest BCUT2D eigenvalue weighted by atomic mass is 16.5. The highest BCUT2D eigenvalue weighted by Crippen LogP contribution is 2.63. The van der Waals surface area contributed by atoms with Crippen molar-refractivity contribution in [3.63, 3.8) is 0 Å². The monoisotopic (exact) mass is 443 g/mol. The minimum Gasteiger partial charge on any atom is -0.395 e. The second-order valence-corrected chi connectivity index (χ2v) is 10.4. The van der Waals surface area contributed by atoms with Gasteiger partial charge in [-0.05, 0) is 46.1 Å². The normalized spacial score (nSPS) is 33.3. The van der Waals surface area contributed by atoms with Crippen molar-refractivity contribution in [3.05, 3.63) is 35.9 Å². The van der Waals surface area contributed by atoms with Gasteiger partial charge in [0.1, 0.15) is 11.6 Å². The van der Waals surface area contributed by atoms with Crippen molar-refractivity contribution in [1.82, 2.24) is 15.5 Å². The molecule has 3 amide bonds. The Morgan fingerprint density at radius 3 is 2.50 bits per heavy atom. The maximum Gasteiger partial charge on any atom is 0.246 e. The summed E-state index contributed by atoms with van der Waals surface area (Å²) in [6, 6.07) is 8.71. The molecule has 8 nitrogen and oxygen atoms in total. The average Bonchev–Trinajstić information content (AvgIpc) is 3.27. The highest BCUT2D eigenvalue weighted by Gasteiger charge is 2.77. The topological polar surface area (TPSA) is 108 Å². The Hall–Kier alpha value is -2.45. The van der Waals surface area contributed by atoms with Crippen molar-refractivity contribution >= 4 is 17.7 Å². The maximum absolute atomic E-state index is 13.5. The molecular formula is C24H33N3O5. The molecule has 1 aromatic rings. The molecule has 0 radical (unpaired) electrons. The van der Waals surface area contributed by atoms with E-state index in [1.165, 1.54) is 4.90 Å². The summed E-state index contributed by atoms with van der Waals surface area (Å²) in [6.07, 6.45) is 1.11. The number of nitrogens with zero attached hydrogens (tertiary/aromatic N) is 1. The standard InChI is InChI=1S/C24H33N3O5/c1-22(2,3)26-20(30)18-24-11-10-23(4,32-24)16(17(24)21(31)27(18)12-13-28)19(29)25-14-15-8-6-5-7-9-15/h5-9,16-18,28H,10-14H2,1-4H3,(H,25,29)(H,26,30)/t16-,17-,18?,23+,24?/m0/s1. The number of carbonyl (C=O) groups is 3. The molecule has 8 heteroatoms. The SMILES string of the molecule is CC(C)(C)NC(=O)C1N(CCO)C(=O)[C@@H]2[C@@H](C(=O)NCc3ccccc3)[C@@]3(C)CCC12O3. The van der Waals surface area contributed by atoms with Gasteiger partial charge in [0, 0.05) is 18.6 Å². The molecule has 0 aromatic heterocycles. The molecule has 0 saturated carbocycles. The second kappa shape index (κ2) is 7.85. The fourth-order valence-electron chi connectivity index (χ4n) is 5.81. The van der Waals surface area contributed by atoms with Crippen molar-refractivity contribution < 1.29 is 24.2 Å². The first-order chi connectivity index (χ1) is 15.0.